The number of para-hydroxylation sites is 1. The Kier molecular flexibility index (Phi) is 7.40. The minimum absolute atomic E-state index is 0.112. The number of rotatable bonds is 8. The average molecular weight is 658 g/mol. The largest absolute Gasteiger partial charge is 0.465 e. The summed E-state index contributed by atoms with van der Waals surface area (Å²) in [5.41, 5.74) is 1.70. The highest BCUT2D eigenvalue weighted by Gasteiger charge is 2.44. The molecular formula is C36H27ClF3N3O4. The Morgan fingerprint density at radius 1 is 1.04 bits per heavy atom. The molecular weight excluding hydrogens is 631 g/mol. The van der Waals surface area contributed by atoms with Gasteiger partial charge in [-0.25, -0.2) is 22.9 Å². The lowest BCUT2D eigenvalue weighted by atomic mass is 10.00. The summed E-state index contributed by atoms with van der Waals surface area (Å²) in [5, 5.41) is 9.64. The molecule has 2 heterocycles. The summed E-state index contributed by atoms with van der Waals surface area (Å²) >= 11 is 5.93. The molecule has 7 nitrogen and oxygen atoms in total. The zero-order chi connectivity index (χ0) is 33.1. The van der Waals surface area contributed by atoms with E-state index in [0.717, 1.165) is 18.9 Å². The minimum Gasteiger partial charge on any atom is -0.465 e. The number of ether oxygens (including phenoxy) is 3. The standard InChI is InChI=1S/C36H27ClF3N3O4/c1-35(25-8-7-22(37)17-28(25)40)46-31-5-3-4-23(33(31)47-35)21-14-26(38)24(27(39)15-21)18-32-42-29-9-6-20(34(44)45-2)16-30(29)43(32)19-36(10-11-36)12-13-41/h3-9,14-17H,10-12,18-19H2,1-2H3. The van der Waals surface area contributed by atoms with Gasteiger partial charge in [-0.2, -0.15) is 5.26 Å². The molecule has 0 spiro atoms. The number of esters is 1. The molecule has 0 saturated heterocycles. The van der Waals surface area contributed by atoms with Crippen LogP contribution in [-0.2, 0) is 23.5 Å². The Hall–Kier alpha value is -5.01. The summed E-state index contributed by atoms with van der Waals surface area (Å²) in [6.07, 6.45) is 1.83. The van der Waals surface area contributed by atoms with Crippen LogP contribution in [0, 0.1) is 34.2 Å². The van der Waals surface area contributed by atoms with E-state index in [1.807, 2.05) is 4.57 Å². The average Bonchev–Trinajstić information content (AvgIpc) is 3.58. The van der Waals surface area contributed by atoms with Crippen molar-refractivity contribution in [3.05, 3.63) is 112 Å². The van der Waals surface area contributed by atoms with Gasteiger partial charge in [0.1, 0.15) is 23.3 Å². The first-order valence-corrected chi connectivity index (χ1v) is 15.3. The van der Waals surface area contributed by atoms with Crippen LogP contribution >= 0.6 is 11.6 Å². The number of aromatic nitrogens is 2. The molecule has 0 amide bonds. The molecule has 1 aliphatic carbocycles. The lowest BCUT2D eigenvalue weighted by Crippen LogP contribution is -2.32. The molecule has 5 aromatic rings. The van der Waals surface area contributed by atoms with Gasteiger partial charge in [0.2, 0.25) is 0 Å². The number of halogens is 4. The Morgan fingerprint density at radius 2 is 1.81 bits per heavy atom. The van der Waals surface area contributed by atoms with Crippen molar-refractivity contribution in [3.8, 4) is 28.7 Å². The van der Waals surface area contributed by atoms with Crippen molar-refractivity contribution in [1.82, 2.24) is 9.55 Å². The monoisotopic (exact) mass is 657 g/mol. The van der Waals surface area contributed by atoms with Crippen molar-refractivity contribution in [2.75, 3.05) is 7.11 Å². The number of hydrogen-bond acceptors (Lipinski definition) is 6. The lowest BCUT2D eigenvalue weighted by molar-refractivity contribution is -0.0705. The van der Waals surface area contributed by atoms with E-state index in [1.54, 1.807) is 43.3 Å². The number of hydrogen-bond donors (Lipinski definition) is 0. The fourth-order valence-electron chi connectivity index (χ4n) is 6.21. The third-order valence-corrected chi connectivity index (χ3v) is 9.18. The molecule has 1 atom stereocenters. The molecule has 4 aromatic carbocycles. The predicted molar refractivity (Wildman–Crippen MR) is 168 cm³/mol. The van der Waals surface area contributed by atoms with E-state index in [0.29, 0.717) is 41.0 Å². The normalized spacial score (nSPS) is 17.5. The quantitative estimate of drug-likeness (QED) is 0.156. The third kappa shape index (κ3) is 5.44. The summed E-state index contributed by atoms with van der Waals surface area (Å²) in [6.45, 7) is 1.97. The Labute approximate surface area is 273 Å². The molecule has 0 radical (unpaired) electrons. The Balaban J connectivity index is 1.24. The van der Waals surface area contributed by atoms with Crippen LogP contribution in [0.2, 0.25) is 5.02 Å². The van der Waals surface area contributed by atoms with Crippen molar-refractivity contribution in [2.45, 2.75) is 44.9 Å². The van der Waals surface area contributed by atoms with Crippen LogP contribution in [0.4, 0.5) is 13.2 Å². The van der Waals surface area contributed by atoms with Crippen molar-refractivity contribution >= 4 is 28.6 Å². The SMILES string of the molecule is COC(=O)c1ccc2nc(Cc3c(F)cc(-c4cccc5c4OC(C)(c4ccc(Cl)cc4F)O5)cc3F)n(CC3(CC#N)CC3)c2c1. The highest BCUT2D eigenvalue weighted by molar-refractivity contribution is 6.30. The molecule has 1 fully saturated rings. The second kappa shape index (κ2) is 11.4. The van der Waals surface area contributed by atoms with Crippen molar-refractivity contribution in [3.63, 3.8) is 0 Å². The molecule has 2 aliphatic rings. The summed E-state index contributed by atoms with van der Waals surface area (Å²) in [6, 6.07) is 18.7. The van der Waals surface area contributed by atoms with Crippen LogP contribution in [0.25, 0.3) is 22.2 Å². The molecule has 7 rings (SSSR count). The van der Waals surface area contributed by atoms with E-state index in [9.17, 15) is 14.4 Å². The van der Waals surface area contributed by atoms with Crippen LogP contribution in [0.1, 0.15) is 53.5 Å². The second-order valence-corrected chi connectivity index (χ2v) is 12.6. The van der Waals surface area contributed by atoms with E-state index < -0.39 is 29.2 Å². The van der Waals surface area contributed by atoms with Crippen molar-refractivity contribution in [1.29, 1.82) is 5.26 Å². The maximum Gasteiger partial charge on any atom is 0.337 e. The van der Waals surface area contributed by atoms with Crippen molar-refractivity contribution < 1.29 is 32.2 Å². The highest BCUT2D eigenvalue weighted by atomic mass is 35.5. The van der Waals surface area contributed by atoms with Crippen LogP contribution < -0.4 is 9.47 Å². The topological polar surface area (TPSA) is 86.4 Å². The summed E-state index contributed by atoms with van der Waals surface area (Å²) in [4.78, 5) is 17.0. The maximum absolute atomic E-state index is 15.9. The van der Waals surface area contributed by atoms with E-state index in [4.69, 9.17) is 30.8 Å². The number of carbonyl (C=O) groups excluding carboxylic acids is 1. The molecule has 0 N–H and O–H groups in total. The lowest BCUT2D eigenvalue weighted by Gasteiger charge is -2.24. The van der Waals surface area contributed by atoms with E-state index in [1.165, 1.54) is 31.4 Å². The van der Waals surface area contributed by atoms with Gasteiger partial charge < -0.3 is 18.8 Å². The fraction of sp³-hybridized carbons (Fsp3) is 0.250. The van der Waals surface area contributed by atoms with E-state index in [-0.39, 0.29) is 45.0 Å². The zero-order valence-corrected chi connectivity index (χ0v) is 26.1. The van der Waals surface area contributed by atoms with Gasteiger partial charge in [0, 0.05) is 47.9 Å². The number of fused-ring (bicyclic) bond motifs is 2. The number of methoxy groups -OCH3 is 1. The van der Waals surface area contributed by atoms with Gasteiger partial charge in [0.25, 0.3) is 5.79 Å². The molecule has 238 valence electrons. The van der Waals surface area contributed by atoms with Crippen molar-refractivity contribution in [2.24, 2.45) is 5.41 Å². The predicted octanol–water partition coefficient (Wildman–Crippen LogP) is 8.49. The van der Waals surface area contributed by atoms with Crippen LogP contribution in [0.5, 0.6) is 11.5 Å². The highest BCUT2D eigenvalue weighted by Crippen LogP contribution is 2.51. The van der Waals surface area contributed by atoms with E-state index >= 15 is 8.78 Å². The Morgan fingerprint density at radius 3 is 2.49 bits per heavy atom. The van der Waals surface area contributed by atoms with Gasteiger partial charge >= 0.3 is 5.97 Å². The molecule has 1 aromatic heterocycles. The molecule has 1 unspecified atom stereocenters. The Bertz CT molecular complexity index is 2120. The summed E-state index contributed by atoms with van der Waals surface area (Å²) < 4.78 is 65.5. The van der Waals surface area contributed by atoms with Gasteiger partial charge in [-0.3, -0.25) is 0 Å². The smallest absolute Gasteiger partial charge is 0.337 e. The maximum atomic E-state index is 15.9. The van der Waals surface area contributed by atoms with Crippen LogP contribution in [0.3, 0.4) is 0 Å². The van der Waals surface area contributed by atoms with Gasteiger partial charge in [-0.15, -0.1) is 0 Å². The number of carbonyl (C=O) groups is 1. The first-order chi connectivity index (χ1) is 22.5. The van der Waals surface area contributed by atoms with Gasteiger partial charge in [0.05, 0.1) is 35.3 Å². The molecule has 1 aliphatic heterocycles. The first-order valence-electron chi connectivity index (χ1n) is 14.9. The minimum atomic E-state index is -1.54. The number of nitriles is 1. The van der Waals surface area contributed by atoms with E-state index in [2.05, 4.69) is 6.07 Å². The van der Waals surface area contributed by atoms with Gasteiger partial charge in [-0.05, 0) is 73.0 Å². The number of nitrogens with zero attached hydrogens (tertiary/aromatic N) is 3. The van der Waals surface area contributed by atoms with Gasteiger partial charge in [0.15, 0.2) is 11.5 Å². The number of benzene rings is 4. The summed E-state index contributed by atoms with van der Waals surface area (Å²) in [7, 11) is 1.29. The van der Waals surface area contributed by atoms with Crippen LogP contribution in [0.15, 0.2) is 66.7 Å². The summed E-state index contributed by atoms with van der Waals surface area (Å²) in [5.74, 6) is -3.38. The molecule has 11 heteroatoms. The second-order valence-electron chi connectivity index (χ2n) is 12.1. The van der Waals surface area contributed by atoms with Crippen LogP contribution in [-0.4, -0.2) is 22.6 Å². The van der Waals surface area contributed by atoms with Gasteiger partial charge in [-0.1, -0.05) is 23.7 Å². The fourth-order valence-corrected chi connectivity index (χ4v) is 6.37. The zero-order valence-electron chi connectivity index (χ0n) is 25.4. The first kappa shape index (κ1) is 30.6. The molecule has 47 heavy (non-hydrogen) atoms. The molecule has 0 bridgehead atoms. The number of imidazole rings is 1. The third-order valence-electron chi connectivity index (χ3n) is 8.94. The molecule has 1 saturated carbocycles.